The Hall–Kier alpha value is -2.61. The average Bonchev–Trinajstić information content (AvgIpc) is 2.71. The molecule has 1 aliphatic rings. The fourth-order valence-corrected chi connectivity index (χ4v) is 3.73. The summed E-state index contributed by atoms with van der Waals surface area (Å²) < 4.78 is 0. The van der Waals surface area contributed by atoms with Crippen molar-refractivity contribution in [1.82, 2.24) is 5.32 Å². The quantitative estimate of drug-likeness (QED) is 0.576. The maximum atomic E-state index is 12.3. The van der Waals surface area contributed by atoms with Gasteiger partial charge in [-0.25, -0.2) is 0 Å². The van der Waals surface area contributed by atoms with Crippen LogP contribution < -0.4 is 5.32 Å². The zero-order chi connectivity index (χ0) is 20.7. The van der Waals surface area contributed by atoms with Gasteiger partial charge in [0.1, 0.15) is 5.60 Å². The molecule has 2 N–H and O–H groups in total. The third-order valence-corrected chi connectivity index (χ3v) is 5.27. The van der Waals surface area contributed by atoms with Crippen LogP contribution in [0.15, 0.2) is 54.6 Å². The van der Waals surface area contributed by atoms with E-state index in [2.05, 4.69) is 17.2 Å². The number of aliphatic hydroxyl groups is 1. The molecule has 0 aromatic heterocycles. The summed E-state index contributed by atoms with van der Waals surface area (Å²) in [6.07, 6.45) is 2.81. The molecule has 0 heterocycles. The molecule has 5 heteroatoms. The fourth-order valence-electron chi connectivity index (χ4n) is 3.54. The monoisotopic (exact) mass is 409 g/mol. The van der Waals surface area contributed by atoms with Crippen molar-refractivity contribution in [1.29, 1.82) is 0 Å². The molecule has 0 saturated heterocycles. The smallest absolute Gasteiger partial charge is 0.220 e. The van der Waals surface area contributed by atoms with Gasteiger partial charge in [-0.05, 0) is 37.5 Å². The van der Waals surface area contributed by atoms with Gasteiger partial charge >= 0.3 is 0 Å². The highest BCUT2D eigenvalue weighted by Gasteiger charge is 2.33. The summed E-state index contributed by atoms with van der Waals surface area (Å²) in [5.41, 5.74) is 0.221. The van der Waals surface area contributed by atoms with E-state index < -0.39 is 5.60 Å². The lowest BCUT2D eigenvalue weighted by Crippen LogP contribution is -2.45. The van der Waals surface area contributed by atoms with Crippen molar-refractivity contribution in [2.45, 2.75) is 50.2 Å². The Morgan fingerprint density at radius 2 is 1.93 bits per heavy atom. The molecule has 150 valence electrons. The summed E-state index contributed by atoms with van der Waals surface area (Å²) in [6, 6.07) is 16.0. The van der Waals surface area contributed by atoms with Gasteiger partial charge in [-0.15, -0.1) is 0 Å². The summed E-state index contributed by atoms with van der Waals surface area (Å²) in [5, 5.41) is 14.4. The largest absolute Gasteiger partial charge is 0.378 e. The summed E-state index contributed by atoms with van der Waals surface area (Å²) in [6.45, 7) is 0. The molecule has 1 unspecified atom stereocenters. The number of Topliss-reactive ketones (excluding diaryl/α,β-unsaturated/α-hetero) is 1. The van der Waals surface area contributed by atoms with E-state index in [1.54, 1.807) is 36.4 Å². The number of halogens is 1. The summed E-state index contributed by atoms with van der Waals surface area (Å²) in [5.74, 6) is 5.72. The molecular weight excluding hydrogens is 386 g/mol. The van der Waals surface area contributed by atoms with E-state index >= 15 is 0 Å². The molecule has 0 aliphatic heterocycles. The lowest BCUT2D eigenvalue weighted by molar-refractivity contribution is -0.122. The molecule has 1 saturated carbocycles. The van der Waals surface area contributed by atoms with E-state index in [1.807, 2.05) is 18.2 Å². The highest BCUT2D eigenvalue weighted by molar-refractivity contribution is 6.30. The second kappa shape index (κ2) is 9.73. The van der Waals surface area contributed by atoms with Crippen LogP contribution in [-0.2, 0) is 4.79 Å². The molecule has 0 bridgehead atoms. The van der Waals surface area contributed by atoms with Gasteiger partial charge in [0, 0.05) is 41.5 Å². The van der Waals surface area contributed by atoms with Gasteiger partial charge in [0.05, 0.1) is 0 Å². The molecule has 1 fully saturated rings. The summed E-state index contributed by atoms with van der Waals surface area (Å²) in [7, 11) is 0. The van der Waals surface area contributed by atoms with Crippen molar-refractivity contribution in [3.8, 4) is 11.8 Å². The minimum absolute atomic E-state index is 0.0479. The number of ketones is 1. The fraction of sp³-hybridized carbons (Fsp3) is 0.333. The van der Waals surface area contributed by atoms with Gasteiger partial charge in [-0.1, -0.05) is 59.8 Å². The molecule has 29 heavy (non-hydrogen) atoms. The third-order valence-electron chi connectivity index (χ3n) is 5.03. The van der Waals surface area contributed by atoms with Crippen LogP contribution >= 0.6 is 11.6 Å². The van der Waals surface area contributed by atoms with Crippen molar-refractivity contribution in [3.63, 3.8) is 0 Å². The minimum atomic E-state index is -1.14. The molecule has 4 nitrogen and oxygen atoms in total. The zero-order valence-corrected chi connectivity index (χ0v) is 16.9. The van der Waals surface area contributed by atoms with Crippen LogP contribution in [0.2, 0.25) is 5.02 Å². The minimum Gasteiger partial charge on any atom is -0.378 e. The first-order chi connectivity index (χ1) is 13.9. The van der Waals surface area contributed by atoms with Crippen molar-refractivity contribution >= 4 is 23.3 Å². The number of hydrogen-bond donors (Lipinski definition) is 2. The summed E-state index contributed by atoms with van der Waals surface area (Å²) in [4.78, 5) is 24.4. The maximum absolute atomic E-state index is 12.3. The Morgan fingerprint density at radius 1 is 1.14 bits per heavy atom. The third kappa shape index (κ3) is 6.45. The molecule has 3 rings (SSSR count). The van der Waals surface area contributed by atoms with Crippen LogP contribution in [0.25, 0.3) is 0 Å². The van der Waals surface area contributed by atoms with Crippen LogP contribution in [0, 0.1) is 11.8 Å². The molecule has 2 atom stereocenters. The molecule has 1 amide bonds. The number of rotatable bonds is 5. The van der Waals surface area contributed by atoms with Gasteiger partial charge in [0.15, 0.2) is 5.78 Å². The average molecular weight is 410 g/mol. The van der Waals surface area contributed by atoms with Gasteiger partial charge in [-0.3, -0.25) is 9.59 Å². The maximum Gasteiger partial charge on any atom is 0.220 e. The van der Waals surface area contributed by atoms with Crippen LogP contribution in [0.4, 0.5) is 0 Å². The van der Waals surface area contributed by atoms with E-state index in [-0.39, 0.29) is 30.6 Å². The molecule has 1 aliphatic carbocycles. The SMILES string of the molecule is O=C(CCC(=O)c1ccccc1)N[C@H]1CCCC(O)(C#Cc2cccc(Cl)c2)C1. The molecule has 0 spiro atoms. The highest BCUT2D eigenvalue weighted by Crippen LogP contribution is 2.28. The lowest BCUT2D eigenvalue weighted by atomic mass is 9.82. The first kappa shape index (κ1) is 21.1. The molecular formula is C24H24ClNO3. The Labute approximate surface area is 176 Å². The van der Waals surface area contributed by atoms with E-state index in [9.17, 15) is 14.7 Å². The van der Waals surface area contributed by atoms with Crippen molar-refractivity contribution in [2.24, 2.45) is 0 Å². The van der Waals surface area contributed by atoms with E-state index in [1.165, 1.54) is 0 Å². The predicted molar refractivity (Wildman–Crippen MR) is 114 cm³/mol. The van der Waals surface area contributed by atoms with E-state index in [0.29, 0.717) is 23.4 Å². The van der Waals surface area contributed by atoms with Gasteiger partial charge in [0.2, 0.25) is 5.91 Å². The highest BCUT2D eigenvalue weighted by atomic mass is 35.5. The second-order valence-electron chi connectivity index (χ2n) is 7.44. The van der Waals surface area contributed by atoms with Crippen molar-refractivity contribution in [2.75, 3.05) is 0 Å². The lowest BCUT2D eigenvalue weighted by Gasteiger charge is -2.33. The van der Waals surface area contributed by atoms with Crippen LogP contribution in [0.3, 0.4) is 0 Å². The zero-order valence-electron chi connectivity index (χ0n) is 16.2. The van der Waals surface area contributed by atoms with Gasteiger partial charge in [0.25, 0.3) is 0 Å². The molecule has 2 aromatic rings. The number of hydrogen-bond acceptors (Lipinski definition) is 3. The summed E-state index contributed by atoms with van der Waals surface area (Å²) >= 11 is 5.97. The normalized spacial score (nSPS) is 21.0. The van der Waals surface area contributed by atoms with Crippen LogP contribution in [0.5, 0.6) is 0 Å². The van der Waals surface area contributed by atoms with Crippen molar-refractivity contribution in [3.05, 3.63) is 70.7 Å². The Balaban J connectivity index is 1.52. The Kier molecular flexibility index (Phi) is 7.09. The van der Waals surface area contributed by atoms with Crippen LogP contribution in [-0.4, -0.2) is 28.4 Å². The van der Waals surface area contributed by atoms with Crippen molar-refractivity contribution < 1.29 is 14.7 Å². The Morgan fingerprint density at radius 3 is 2.69 bits per heavy atom. The number of benzene rings is 2. The van der Waals surface area contributed by atoms with E-state index in [4.69, 9.17) is 11.6 Å². The topological polar surface area (TPSA) is 66.4 Å². The van der Waals surface area contributed by atoms with Gasteiger partial charge < -0.3 is 10.4 Å². The predicted octanol–water partition coefficient (Wildman–Crippen LogP) is 4.14. The number of carbonyl (C=O) groups is 2. The second-order valence-corrected chi connectivity index (χ2v) is 7.88. The van der Waals surface area contributed by atoms with Gasteiger partial charge in [-0.2, -0.15) is 0 Å². The van der Waals surface area contributed by atoms with E-state index in [0.717, 1.165) is 18.4 Å². The number of amides is 1. The number of carbonyl (C=O) groups excluding carboxylic acids is 2. The Bertz CT molecular complexity index is 932. The number of nitrogens with one attached hydrogen (secondary N) is 1. The first-order valence-electron chi connectivity index (χ1n) is 9.82. The molecule has 2 aromatic carbocycles. The molecule has 0 radical (unpaired) electrons. The first-order valence-corrected chi connectivity index (χ1v) is 10.2. The van der Waals surface area contributed by atoms with Crippen LogP contribution in [0.1, 0.15) is 54.4 Å². The standard InChI is InChI=1S/C24H24ClNO3/c25-20-9-4-6-18(16-20)13-15-24(29)14-5-10-21(17-24)26-23(28)12-11-22(27)19-7-2-1-3-8-19/h1-4,6-9,16,21,29H,5,10-12,14,17H2,(H,26,28)/t21-,24?/m0/s1.